The van der Waals surface area contributed by atoms with Crippen LogP contribution >= 0.6 is 0 Å². The molecule has 0 aliphatic heterocycles. The second-order valence-corrected chi connectivity index (χ2v) is 9.29. The topological polar surface area (TPSA) is 105 Å². The maximum atomic E-state index is 13.8. The van der Waals surface area contributed by atoms with Crippen LogP contribution in [0.2, 0.25) is 0 Å². The van der Waals surface area contributed by atoms with Gasteiger partial charge >= 0.3 is 0 Å². The average Bonchev–Trinajstić information content (AvgIpc) is 2.88. The van der Waals surface area contributed by atoms with Crippen molar-refractivity contribution in [1.29, 1.82) is 0 Å². The van der Waals surface area contributed by atoms with Crippen LogP contribution in [0.5, 0.6) is 0 Å². The van der Waals surface area contributed by atoms with E-state index in [4.69, 9.17) is 0 Å². The first-order valence-electron chi connectivity index (χ1n) is 12.5. The molecule has 1 aliphatic rings. The molecule has 37 heavy (non-hydrogen) atoms. The van der Waals surface area contributed by atoms with Gasteiger partial charge in [-0.1, -0.05) is 31.2 Å². The number of halogens is 1. The third-order valence-corrected chi connectivity index (χ3v) is 6.84. The number of hydrogen-bond donors (Lipinski definition) is 3. The minimum atomic E-state index is -0.611. The molecule has 3 aromatic rings. The summed E-state index contributed by atoms with van der Waals surface area (Å²) >= 11 is 0. The molecule has 1 unspecified atom stereocenters. The zero-order valence-corrected chi connectivity index (χ0v) is 21.3. The van der Waals surface area contributed by atoms with Crippen molar-refractivity contribution >= 4 is 17.6 Å². The number of anilines is 1. The van der Waals surface area contributed by atoms with Gasteiger partial charge in [0.1, 0.15) is 12.4 Å². The Hall–Kier alpha value is -3.85. The third-order valence-electron chi connectivity index (χ3n) is 6.84. The average molecular weight is 506 g/mol. The van der Waals surface area contributed by atoms with Crippen LogP contribution in [-0.4, -0.2) is 34.5 Å². The second kappa shape index (κ2) is 11.5. The van der Waals surface area contributed by atoms with Gasteiger partial charge in [-0.3, -0.25) is 19.0 Å². The molecule has 0 spiro atoms. The molecular weight excluding hydrogens is 473 g/mol. The molecule has 1 aromatic heterocycles. The molecule has 1 heterocycles. The zero-order chi connectivity index (χ0) is 26.5. The Bertz CT molecular complexity index is 1370. The molecule has 3 N–H and O–H groups in total. The van der Waals surface area contributed by atoms with Crippen LogP contribution in [0.15, 0.2) is 53.5 Å². The number of nitrogens with one attached hydrogen (secondary N) is 3. The van der Waals surface area contributed by atoms with Gasteiger partial charge in [0.25, 0.3) is 5.56 Å². The monoisotopic (exact) mass is 505 g/mol. The lowest BCUT2D eigenvalue weighted by atomic mass is 9.88. The van der Waals surface area contributed by atoms with E-state index in [2.05, 4.69) is 27.0 Å². The van der Waals surface area contributed by atoms with E-state index in [0.29, 0.717) is 23.2 Å². The minimum absolute atomic E-state index is 0.147. The Kier molecular flexibility index (Phi) is 8.13. The van der Waals surface area contributed by atoms with Crippen molar-refractivity contribution in [1.82, 2.24) is 20.2 Å². The molecule has 0 bridgehead atoms. The first-order chi connectivity index (χ1) is 17.8. The van der Waals surface area contributed by atoms with Crippen LogP contribution < -0.4 is 21.5 Å². The van der Waals surface area contributed by atoms with Gasteiger partial charge in [-0.05, 0) is 74.5 Å². The Labute approximate surface area is 215 Å². The fourth-order valence-corrected chi connectivity index (χ4v) is 4.87. The largest absolute Gasteiger partial charge is 0.348 e. The second-order valence-electron chi connectivity index (χ2n) is 9.29. The number of aromatic nitrogens is 2. The van der Waals surface area contributed by atoms with E-state index >= 15 is 0 Å². The van der Waals surface area contributed by atoms with Gasteiger partial charge in [0.05, 0.1) is 24.0 Å². The molecule has 9 heteroatoms. The summed E-state index contributed by atoms with van der Waals surface area (Å²) in [6, 6.07) is 11.6. The number of fused-ring (bicyclic) bond motifs is 1. The Morgan fingerprint density at radius 3 is 2.73 bits per heavy atom. The van der Waals surface area contributed by atoms with E-state index in [1.165, 1.54) is 28.5 Å². The zero-order valence-electron chi connectivity index (χ0n) is 21.3. The summed E-state index contributed by atoms with van der Waals surface area (Å²) in [6.07, 6.45) is 4.68. The summed E-state index contributed by atoms with van der Waals surface area (Å²) in [5.41, 5.74) is 3.21. The van der Waals surface area contributed by atoms with Crippen LogP contribution in [0.4, 0.5) is 10.2 Å². The first-order valence-corrected chi connectivity index (χ1v) is 12.5. The highest BCUT2D eigenvalue weighted by Crippen LogP contribution is 2.29. The van der Waals surface area contributed by atoms with Gasteiger partial charge in [0, 0.05) is 5.56 Å². The minimum Gasteiger partial charge on any atom is -0.348 e. The van der Waals surface area contributed by atoms with E-state index in [-0.39, 0.29) is 24.3 Å². The Balaban J connectivity index is 1.68. The van der Waals surface area contributed by atoms with Crippen molar-refractivity contribution in [3.05, 3.63) is 81.5 Å². The highest BCUT2D eigenvalue weighted by Gasteiger charge is 2.24. The lowest BCUT2D eigenvalue weighted by Crippen LogP contribution is -2.41. The van der Waals surface area contributed by atoms with Crippen molar-refractivity contribution in [3.63, 3.8) is 0 Å². The molecule has 194 valence electrons. The van der Waals surface area contributed by atoms with E-state index in [1.807, 2.05) is 25.1 Å². The van der Waals surface area contributed by atoms with Crippen LogP contribution in [-0.2, 0) is 22.6 Å². The maximum Gasteiger partial charge on any atom is 0.294 e. The molecule has 2 atom stereocenters. The quantitative estimate of drug-likeness (QED) is 0.435. The number of amides is 2. The molecule has 0 radical (unpaired) electrons. The van der Waals surface area contributed by atoms with E-state index in [9.17, 15) is 18.8 Å². The van der Waals surface area contributed by atoms with Gasteiger partial charge in [-0.25, -0.2) is 9.37 Å². The summed E-state index contributed by atoms with van der Waals surface area (Å²) in [5, 5.41) is 8.55. The van der Waals surface area contributed by atoms with Gasteiger partial charge in [0.15, 0.2) is 5.82 Å². The van der Waals surface area contributed by atoms with Gasteiger partial charge in [0.2, 0.25) is 11.8 Å². The van der Waals surface area contributed by atoms with Gasteiger partial charge < -0.3 is 16.0 Å². The number of benzene rings is 2. The maximum absolute atomic E-state index is 13.8. The van der Waals surface area contributed by atoms with Crippen molar-refractivity contribution < 1.29 is 14.0 Å². The number of carbonyl (C=O) groups excluding carboxylic acids is 2. The summed E-state index contributed by atoms with van der Waals surface area (Å²) < 4.78 is 15.1. The summed E-state index contributed by atoms with van der Waals surface area (Å²) in [6.45, 7) is 3.29. The van der Waals surface area contributed by atoms with Crippen LogP contribution in [0.25, 0.3) is 11.3 Å². The number of likely N-dealkylation sites (N-methyl/N-ethyl adjacent to an activating group) is 1. The smallest absolute Gasteiger partial charge is 0.294 e. The van der Waals surface area contributed by atoms with Crippen molar-refractivity contribution in [2.24, 2.45) is 0 Å². The predicted molar refractivity (Wildman–Crippen MR) is 141 cm³/mol. The van der Waals surface area contributed by atoms with E-state index in [1.54, 1.807) is 20.0 Å². The first kappa shape index (κ1) is 26.2. The number of rotatable bonds is 8. The summed E-state index contributed by atoms with van der Waals surface area (Å²) in [5.74, 6) is -1.30. The van der Waals surface area contributed by atoms with Crippen molar-refractivity contribution in [2.45, 2.75) is 58.2 Å². The SMILES string of the molecule is CC[C@H](NC)C(=O)Nc1ncc(-c2ccc(F)cc2C)n(CC(=O)NC2CCCc3ccccc32)c1=O. The lowest BCUT2D eigenvalue weighted by Gasteiger charge is -2.26. The van der Waals surface area contributed by atoms with Crippen LogP contribution in [0.3, 0.4) is 0 Å². The molecule has 0 fully saturated rings. The van der Waals surface area contributed by atoms with E-state index < -0.39 is 23.3 Å². The molecule has 4 rings (SSSR count). The Morgan fingerprint density at radius 2 is 2.00 bits per heavy atom. The predicted octanol–water partition coefficient (Wildman–Crippen LogP) is 3.49. The normalized spacial score (nSPS) is 15.5. The molecule has 0 saturated heterocycles. The molecule has 2 amide bonds. The highest BCUT2D eigenvalue weighted by molar-refractivity contribution is 5.94. The van der Waals surface area contributed by atoms with Crippen molar-refractivity contribution in [2.75, 3.05) is 12.4 Å². The molecule has 1 aliphatic carbocycles. The summed E-state index contributed by atoms with van der Waals surface area (Å²) in [7, 11) is 1.66. The highest BCUT2D eigenvalue weighted by atomic mass is 19.1. The number of carbonyl (C=O) groups is 2. The molecule has 8 nitrogen and oxygen atoms in total. The number of hydrogen-bond acceptors (Lipinski definition) is 5. The molecule has 0 saturated carbocycles. The van der Waals surface area contributed by atoms with Gasteiger partial charge in [-0.15, -0.1) is 0 Å². The fourth-order valence-electron chi connectivity index (χ4n) is 4.87. The molecule has 2 aromatic carbocycles. The number of nitrogens with zero attached hydrogens (tertiary/aromatic N) is 2. The summed E-state index contributed by atoms with van der Waals surface area (Å²) in [4.78, 5) is 43.6. The van der Waals surface area contributed by atoms with E-state index in [0.717, 1.165) is 24.8 Å². The Morgan fingerprint density at radius 1 is 1.22 bits per heavy atom. The molecular formula is C28H32FN5O3. The van der Waals surface area contributed by atoms with Crippen LogP contribution in [0.1, 0.15) is 48.9 Å². The lowest BCUT2D eigenvalue weighted by molar-refractivity contribution is -0.122. The van der Waals surface area contributed by atoms with Gasteiger partial charge in [-0.2, -0.15) is 0 Å². The van der Waals surface area contributed by atoms with Crippen LogP contribution in [0, 0.1) is 12.7 Å². The standard InChI is InChI=1S/C28H32FN5O3/c1-4-22(30-3)27(36)33-26-28(37)34(24(15-31-26)20-13-12-19(29)14-17(20)2)16-25(35)32-23-11-7-9-18-8-5-6-10-21(18)23/h5-6,8,10,12-15,22-23,30H,4,7,9,11,16H2,1-3H3,(H,32,35)(H,31,33,36)/t22-,23?/m0/s1. The third kappa shape index (κ3) is 5.77. The number of aryl methyl sites for hydroxylation is 2. The fraction of sp³-hybridized carbons (Fsp3) is 0.357. The van der Waals surface area contributed by atoms with Crippen molar-refractivity contribution in [3.8, 4) is 11.3 Å².